The number of rotatable bonds is 2. The molecule has 2 aliphatic rings. The number of amides is 2. The quantitative estimate of drug-likeness (QED) is 0.739. The van der Waals surface area contributed by atoms with E-state index in [9.17, 15) is 9.59 Å². The third-order valence-corrected chi connectivity index (χ3v) is 4.27. The highest BCUT2D eigenvalue weighted by Crippen LogP contribution is 2.18. The highest BCUT2D eigenvalue weighted by Gasteiger charge is 2.26. The van der Waals surface area contributed by atoms with Crippen LogP contribution in [0, 0.1) is 5.92 Å². The maximum Gasteiger partial charge on any atom is 0.317 e. The van der Waals surface area contributed by atoms with Crippen molar-refractivity contribution in [1.29, 1.82) is 0 Å². The first-order valence-electron chi connectivity index (χ1n) is 6.21. The highest BCUT2D eigenvalue weighted by molar-refractivity contribution is 7.99. The zero-order valence-corrected chi connectivity index (χ0v) is 11.0. The fraction of sp³-hybridized carbons (Fsp3) is 0.667. The van der Waals surface area contributed by atoms with Crippen molar-refractivity contribution < 1.29 is 14.7 Å². The molecule has 2 rings (SSSR count). The maximum absolute atomic E-state index is 12.0. The summed E-state index contributed by atoms with van der Waals surface area (Å²) in [7, 11) is 0. The van der Waals surface area contributed by atoms with E-state index in [0.717, 1.165) is 31.0 Å². The molecule has 2 atom stereocenters. The molecule has 0 aromatic carbocycles. The SMILES string of the molecule is O=C(O)C1C=CC(NC(=O)N2CCCSCC2)C1. The summed E-state index contributed by atoms with van der Waals surface area (Å²) in [5, 5.41) is 11.8. The van der Waals surface area contributed by atoms with Gasteiger partial charge < -0.3 is 15.3 Å². The number of hydrogen-bond acceptors (Lipinski definition) is 3. The molecule has 18 heavy (non-hydrogen) atoms. The molecule has 100 valence electrons. The Kier molecular flexibility index (Phi) is 4.52. The van der Waals surface area contributed by atoms with Gasteiger partial charge in [-0.2, -0.15) is 11.8 Å². The molecule has 1 saturated heterocycles. The molecule has 1 fully saturated rings. The van der Waals surface area contributed by atoms with Crippen molar-refractivity contribution in [3.05, 3.63) is 12.2 Å². The average Bonchev–Trinajstić information content (AvgIpc) is 2.64. The van der Waals surface area contributed by atoms with Gasteiger partial charge in [-0.1, -0.05) is 12.2 Å². The summed E-state index contributed by atoms with van der Waals surface area (Å²) in [6.07, 6.45) is 4.93. The van der Waals surface area contributed by atoms with Crippen LogP contribution in [0.3, 0.4) is 0 Å². The topological polar surface area (TPSA) is 69.6 Å². The van der Waals surface area contributed by atoms with Gasteiger partial charge in [0.1, 0.15) is 0 Å². The highest BCUT2D eigenvalue weighted by atomic mass is 32.2. The Hall–Kier alpha value is -1.17. The Morgan fingerprint density at radius 2 is 2.11 bits per heavy atom. The maximum atomic E-state index is 12.0. The number of carboxylic acids is 1. The largest absolute Gasteiger partial charge is 0.481 e. The van der Waals surface area contributed by atoms with Crippen LogP contribution >= 0.6 is 11.8 Å². The third kappa shape index (κ3) is 3.41. The van der Waals surface area contributed by atoms with Gasteiger partial charge in [0, 0.05) is 18.8 Å². The molecule has 5 nitrogen and oxygen atoms in total. The molecule has 1 heterocycles. The van der Waals surface area contributed by atoms with E-state index in [4.69, 9.17) is 5.11 Å². The van der Waals surface area contributed by atoms with Crippen molar-refractivity contribution in [1.82, 2.24) is 10.2 Å². The second kappa shape index (κ2) is 6.13. The first kappa shape index (κ1) is 13.3. The van der Waals surface area contributed by atoms with Gasteiger partial charge in [0.25, 0.3) is 0 Å². The lowest BCUT2D eigenvalue weighted by Gasteiger charge is -2.22. The number of aliphatic carboxylic acids is 1. The van der Waals surface area contributed by atoms with E-state index < -0.39 is 11.9 Å². The van der Waals surface area contributed by atoms with Gasteiger partial charge in [0.2, 0.25) is 0 Å². The van der Waals surface area contributed by atoms with E-state index in [2.05, 4.69) is 5.32 Å². The second-order valence-electron chi connectivity index (χ2n) is 4.57. The minimum atomic E-state index is -0.825. The van der Waals surface area contributed by atoms with E-state index in [1.165, 1.54) is 0 Å². The molecule has 0 aromatic rings. The van der Waals surface area contributed by atoms with Gasteiger partial charge in [-0.3, -0.25) is 4.79 Å². The lowest BCUT2D eigenvalue weighted by Crippen LogP contribution is -2.45. The van der Waals surface area contributed by atoms with Gasteiger partial charge in [-0.25, -0.2) is 4.79 Å². The van der Waals surface area contributed by atoms with E-state index in [1.807, 2.05) is 16.7 Å². The van der Waals surface area contributed by atoms with Crippen LogP contribution in [0.15, 0.2) is 12.2 Å². The van der Waals surface area contributed by atoms with Crippen LogP contribution in [0.1, 0.15) is 12.8 Å². The Labute approximate surface area is 111 Å². The van der Waals surface area contributed by atoms with Crippen molar-refractivity contribution in [2.75, 3.05) is 24.6 Å². The molecular formula is C12H18N2O3S. The second-order valence-corrected chi connectivity index (χ2v) is 5.80. The Bertz CT molecular complexity index is 351. The van der Waals surface area contributed by atoms with Gasteiger partial charge in [-0.05, 0) is 18.6 Å². The number of carboxylic acid groups (broad SMARTS) is 1. The monoisotopic (exact) mass is 270 g/mol. The molecule has 2 unspecified atom stereocenters. The van der Waals surface area contributed by atoms with Crippen LogP contribution in [0.2, 0.25) is 0 Å². The fourth-order valence-electron chi connectivity index (χ4n) is 2.19. The molecule has 2 amide bonds. The van der Waals surface area contributed by atoms with Gasteiger partial charge in [-0.15, -0.1) is 0 Å². The summed E-state index contributed by atoms with van der Waals surface area (Å²) in [4.78, 5) is 24.6. The zero-order valence-electron chi connectivity index (χ0n) is 10.2. The van der Waals surface area contributed by atoms with Crippen LogP contribution in [-0.4, -0.2) is 52.6 Å². The number of thioether (sulfide) groups is 1. The minimum absolute atomic E-state index is 0.0711. The summed E-state index contributed by atoms with van der Waals surface area (Å²) in [6, 6.07) is -0.215. The number of nitrogens with zero attached hydrogens (tertiary/aromatic N) is 1. The van der Waals surface area contributed by atoms with Crippen molar-refractivity contribution in [2.24, 2.45) is 5.92 Å². The average molecular weight is 270 g/mol. The third-order valence-electron chi connectivity index (χ3n) is 3.22. The molecule has 6 heteroatoms. The van der Waals surface area contributed by atoms with Crippen LogP contribution in [0.4, 0.5) is 4.79 Å². The van der Waals surface area contributed by atoms with Gasteiger partial charge >= 0.3 is 12.0 Å². The fourth-order valence-corrected chi connectivity index (χ4v) is 3.08. The van der Waals surface area contributed by atoms with E-state index in [0.29, 0.717) is 6.42 Å². The number of urea groups is 1. The number of nitrogens with one attached hydrogen (secondary N) is 1. The van der Waals surface area contributed by atoms with Crippen LogP contribution in [-0.2, 0) is 4.79 Å². The molecule has 0 radical (unpaired) electrons. The lowest BCUT2D eigenvalue weighted by molar-refractivity contribution is -0.140. The van der Waals surface area contributed by atoms with Crippen molar-refractivity contribution >= 4 is 23.8 Å². The molecule has 1 aliphatic heterocycles. The molecule has 0 spiro atoms. The van der Waals surface area contributed by atoms with Crippen molar-refractivity contribution in [3.63, 3.8) is 0 Å². The molecular weight excluding hydrogens is 252 g/mol. The minimum Gasteiger partial charge on any atom is -0.481 e. The Balaban J connectivity index is 1.81. The van der Waals surface area contributed by atoms with E-state index >= 15 is 0 Å². The Morgan fingerprint density at radius 1 is 1.28 bits per heavy atom. The molecule has 1 aliphatic carbocycles. The molecule has 0 bridgehead atoms. The molecule has 0 saturated carbocycles. The van der Waals surface area contributed by atoms with Crippen molar-refractivity contribution in [3.8, 4) is 0 Å². The van der Waals surface area contributed by atoms with E-state index in [1.54, 1.807) is 12.2 Å². The van der Waals surface area contributed by atoms with Crippen LogP contribution in [0.25, 0.3) is 0 Å². The first-order valence-corrected chi connectivity index (χ1v) is 7.36. The first-order chi connectivity index (χ1) is 8.66. The summed E-state index contributed by atoms with van der Waals surface area (Å²) in [6.45, 7) is 1.56. The van der Waals surface area contributed by atoms with E-state index in [-0.39, 0.29) is 12.1 Å². The van der Waals surface area contributed by atoms with Gasteiger partial charge in [0.05, 0.1) is 12.0 Å². The van der Waals surface area contributed by atoms with Gasteiger partial charge in [0.15, 0.2) is 0 Å². The normalized spacial score (nSPS) is 27.9. The smallest absolute Gasteiger partial charge is 0.317 e. The number of hydrogen-bond donors (Lipinski definition) is 2. The Morgan fingerprint density at radius 3 is 2.83 bits per heavy atom. The van der Waals surface area contributed by atoms with Crippen molar-refractivity contribution in [2.45, 2.75) is 18.9 Å². The summed E-state index contributed by atoms with van der Waals surface area (Å²) in [5.41, 5.74) is 0. The summed E-state index contributed by atoms with van der Waals surface area (Å²) in [5.74, 6) is 0.795. The predicted octanol–water partition coefficient (Wildman–Crippen LogP) is 1.16. The predicted molar refractivity (Wildman–Crippen MR) is 70.7 cm³/mol. The number of carbonyl (C=O) groups is 2. The zero-order chi connectivity index (χ0) is 13.0. The molecule has 0 aromatic heterocycles. The standard InChI is InChI=1S/C12H18N2O3S/c15-11(16)9-2-3-10(8-9)13-12(17)14-4-1-6-18-7-5-14/h2-3,9-10H,1,4-8H2,(H,13,17)(H,15,16). The van der Waals surface area contributed by atoms with Crippen LogP contribution in [0.5, 0.6) is 0 Å². The number of carbonyl (C=O) groups excluding carboxylic acids is 1. The van der Waals surface area contributed by atoms with Crippen LogP contribution < -0.4 is 5.32 Å². The molecule has 2 N–H and O–H groups in total. The lowest BCUT2D eigenvalue weighted by atomic mass is 10.1. The summed E-state index contributed by atoms with van der Waals surface area (Å²) >= 11 is 1.87. The summed E-state index contributed by atoms with van der Waals surface area (Å²) < 4.78 is 0.